The molecule has 0 heterocycles. The number of hydrogen-bond acceptors (Lipinski definition) is 1. The van der Waals surface area contributed by atoms with Crippen molar-refractivity contribution in [3.63, 3.8) is 0 Å². The average molecular weight is 168 g/mol. The molecule has 0 fully saturated rings. The van der Waals surface area contributed by atoms with Gasteiger partial charge >= 0.3 is 0 Å². The molecule has 0 aliphatic heterocycles. The first-order chi connectivity index (χ1) is 6.38. The number of rotatable bonds is 3. The fourth-order valence-electron chi connectivity index (χ4n) is 1.05. The van der Waals surface area contributed by atoms with E-state index in [1.807, 2.05) is 29.2 Å². The zero-order valence-corrected chi connectivity index (χ0v) is 7.33. The summed E-state index contributed by atoms with van der Waals surface area (Å²) in [7, 11) is 0. The Kier molecular flexibility index (Phi) is 3.48. The van der Waals surface area contributed by atoms with Crippen LogP contribution in [0.5, 0.6) is 0 Å². The zero-order chi connectivity index (χ0) is 9.52. The third kappa shape index (κ3) is 2.58. The van der Waals surface area contributed by atoms with Crippen LogP contribution in [-0.2, 0) is 0 Å². The molecule has 1 rings (SSSR count). The summed E-state index contributed by atoms with van der Waals surface area (Å²) in [4.78, 5) is 1.95. The van der Waals surface area contributed by atoms with Crippen LogP contribution in [0.25, 0.3) is 0 Å². The van der Waals surface area contributed by atoms with Crippen LogP contribution in [0.1, 0.15) is 0 Å². The Hall–Kier alpha value is -1.86. The highest BCUT2D eigenvalue weighted by Crippen LogP contribution is 2.11. The molecule has 0 spiro atoms. The van der Waals surface area contributed by atoms with Crippen molar-refractivity contribution >= 4 is 5.69 Å². The Balaban J connectivity index is 2.78. The van der Waals surface area contributed by atoms with Gasteiger partial charge in [0.1, 0.15) is 0 Å². The van der Waals surface area contributed by atoms with Gasteiger partial charge in [0.15, 0.2) is 0 Å². The van der Waals surface area contributed by atoms with Gasteiger partial charge in [-0.15, -0.1) is 12.8 Å². The summed E-state index contributed by atoms with van der Waals surface area (Å²) in [6.07, 6.45) is 10.5. The molecular weight excluding hydrogens is 158 g/mol. The largest absolute Gasteiger partial charge is 0.349 e. The Bertz CT molecular complexity index is 310. The standard InChI is InChI=1S/C12H10N/c1-3-10-13(11-4-2)12-8-6-5-7-9-12/h1-2,6-9H,10-11H2. The molecule has 0 aromatic heterocycles. The second-order valence-electron chi connectivity index (χ2n) is 2.52. The van der Waals surface area contributed by atoms with Gasteiger partial charge in [-0.2, -0.15) is 0 Å². The molecule has 13 heavy (non-hydrogen) atoms. The number of hydrogen-bond donors (Lipinski definition) is 0. The van der Waals surface area contributed by atoms with Crippen molar-refractivity contribution in [2.45, 2.75) is 0 Å². The van der Waals surface area contributed by atoms with Crippen molar-refractivity contribution in [1.82, 2.24) is 0 Å². The molecule has 1 nitrogen and oxygen atoms in total. The molecule has 0 aliphatic rings. The molecule has 0 atom stereocenters. The van der Waals surface area contributed by atoms with E-state index in [0.717, 1.165) is 5.69 Å². The lowest BCUT2D eigenvalue weighted by molar-refractivity contribution is 0.986. The topological polar surface area (TPSA) is 3.24 Å². The average Bonchev–Trinajstić information content (AvgIpc) is 2.19. The Morgan fingerprint density at radius 2 is 1.69 bits per heavy atom. The Morgan fingerprint density at radius 1 is 1.15 bits per heavy atom. The van der Waals surface area contributed by atoms with E-state index >= 15 is 0 Å². The highest BCUT2D eigenvalue weighted by atomic mass is 15.1. The summed E-state index contributed by atoms with van der Waals surface area (Å²) in [6.45, 7) is 1.07. The lowest BCUT2D eigenvalue weighted by Gasteiger charge is -2.18. The number of terminal acetylenes is 2. The predicted octanol–water partition coefficient (Wildman–Crippen LogP) is 1.56. The van der Waals surface area contributed by atoms with Gasteiger partial charge in [-0.3, -0.25) is 0 Å². The Morgan fingerprint density at radius 3 is 2.15 bits per heavy atom. The van der Waals surface area contributed by atoms with Crippen LogP contribution >= 0.6 is 0 Å². The van der Waals surface area contributed by atoms with E-state index in [1.165, 1.54) is 0 Å². The summed E-state index contributed by atoms with van der Waals surface area (Å²) >= 11 is 0. The summed E-state index contributed by atoms with van der Waals surface area (Å²) in [5.41, 5.74) is 1.04. The van der Waals surface area contributed by atoms with Gasteiger partial charge in [0.25, 0.3) is 0 Å². The van der Waals surface area contributed by atoms with Gasteiger partial charge in [0, 0.05) is 5.69 Å². The fraction of sp³-hybridized carbons (Fsp3) is 0.167. The molecular formula is C12H10N. The third-order valence-corrected chi connectivity index (χ3v) is 1.63. The van der Waals surface area contributed by atoms with Gasteiger partial charge < -0.3 is 4.90 Å². The molecule has 0 saturated carbocycles. The van der Waals surface area contributed by atoms with E-state index in [-0.39, 0.29) is 0 Å². The number of benzene rings is 1. The maximum Gasteiger partial charge on any atom is 0.0801 e. The minimum Gasteiger partial charge on any atom is -0.349 e. The molecule has 0 amide bonds. The van der Waals surface area contributed by atoms with Crippen molar-refractivity contribution in [3.8, 4) is 24.7 Å². The first kappa shape index (κ1) is 9.23. The van der Waals surface area contributed by atoms with Gasteiger partial charge in [-0.05, 0) is 18.2 Å². The van der Waals surface area contributed by atoms with Crippen LogP contribution in [0.4, 0.5) is 5.69 Å². The third-order valence-electron chi connectivity index (χ3n) is 1.63. The van der Waals surface area contributed by atoms with Crippen molar-refractivity contribution in [3.05, 3.63) is 30.3 Å². The second kappa shape index (κ2) is 4.91. The van der Waals surface area contributed by atoms with Crippen LogP contribution in [0, 0.1) is 30.8 Å². The molecule has 0 aliphatic carbocycles. The lowest BCUT2D eigenvalue weighted by Crippen LogP contribution is -2.23. The first-order valence-electron chi connectivity index (χ1n) is 3.96. The molecule has 0 bridgehead atoms. The van der Waals surface area contributed by atoms with Crippen molar-refractivity contribution in [2.75, 3.05) is 18.0 Å². The predicted molar refractivity (Wildman–Crippen MR) is 55.2 cm³/mol. The molecule has 1 radical (unpaired) electrons. The maximum atomic E-state index is 5.23. The molecule has 0 unspecified atom stereocenters. The van der Waals surface area contributed by atoms with Crippen LogP contribution in [0.3, 0.4) is 0 Å². The highest BCUT2D eigenvalue weighted by Gasteiger charge is 2.00. The van der Waals surface area contributed by atoms with E-state index in [4.69, 9.17) is 12.8 Å². The fourth-order valence-corrected chi connectivity index (χ4v) is 1.05. The second-order valence-corrected chi connectivity index (χ2v) is 2.52. The highest BCUT2D eigenvalue weighted by molar-refractivity contribution is 5.47. The Labute approximate surface area is 79.4 Å². The van der Waals surface area contributed by atoms with E-state index in [1.54, 1.807) is 0 Å². The van der Waals surface area contributed by atoms with Crippen LogP contribution < -0.4 is 4.90 Å². The van der Waals surface area contributed by atoms with Gasteiger partial charge in [0.05, 0.1) is 13.1 Å². The number of anilines is 1. The van der Waals surface area contributed by atoms with Crippen molar-refractivity contribution in [2.24, 2.45) is 0 Å². The van der Waals surface area contributed by atoms with Crippen LogP contribution in [0.2, 0.25) is 0 Å². The quantitative estimate of drug-likeness (QED) is 0.619. The van der Waals surface area contributed by atoms with Crippen molar-refractivity contribution in [1.29, 1.82) is 0 Å². The zero-order valence-electron chi connectivity index (χ0n) is 7.33. The summed E-state index contributed by atoms with van der Waals surface area (Å²) < 4.78 is 0. The molecule has 1 aromatic carbocycles. The molecule has 1 aromatic rings. The normalized spacial score (nSPS) is 8.46. The van der Waals surface area contributed by atoms with Gasteiger partial charge in [0.2, 0.25) is 0 Å². The summed E-state index contributed by atoms with van der Waals surface area (Å²) in [5, 5.41) is 0. The van der Waals surface area contributed by atoms with Gasteiger partial charge in [-0.25, -0.2) is 0 Å². The summed E-state index contributed by atoms with van der Waals surface area (Å²) in [5.74, 6) is 5.14. The molecule has 0 N–H and O–H groups in total. The minimum absolute atomic E-state index is 0.536. The van der Waals surface area contributed by atoms with Crippen LogP contribution in [0.15, 0.2) is 24.3 Å². The van der Waals surface area contributed by atoms with E-state index in [2.05, 4.69) is 17.9 Å². The molecule has 1 heteroatoms. The number of nitrogens with zero attached hydrogens (tertiary/aromatic N) is 1. The maximum absolute atomic E-state index is 5.23. The lowest BCUT2D eigenvalue weighted by atomic mass is 10.3. The van der Waals surface area contributed by atoms with Crippen molar-refractivity contribution < 1.29 is 0 Å². The molecule has 0 saturated heterocycles. The minimum atomic E-state index is 0.536. The molecule has 63 valence electrons. The van der Waals surface area contributed by atoms with Gasteiger partial charge in [-0.1, -0.05) is 24.0 Å². The van der Waals surface area contributed by atoms with E-state index in [9.17, 15) is 0 Å². The smallest absolute Gasteiger partial charge is 0.0801 e. The monoisotopic (exact) mass is 168 g/mol. The van der Waals surface area contributed by atoms with Crippen LogP contribution in [-0.4, -0.2) is 13.1 Å². The first-order valence-corrected chi connectivity index (χ1v) is 3.96. The van der Waals surface area contributed by atoms with E-state index in [0.29, 0.717) is 13.1 Å². The van der Waals surface area contributed by atoms with E-state index < -0.39 is 0 Å². The SMILES string of the molecule is C#CCN(CC#C)c1cc[c]cc1. The summed E-state index contributed by atoms with van der Waals surface area (Å²) in [6, 6.07) is 10.5.